The van der Waals surface area contributed by atoms with Gasteiger partial charge in [-0.05, 0) is 71.6 Å². The Kier molecular flexibility index (Phi) is 14.2. The van der Waals surface area contributed by atoms with E-state index in [1.807, 2.05) is 30.3 Å². The maximum atomic E-state index is 13.0. The van der Waals surface area contributed by atoms with Crippen LogP contribution in [0.25, 0.3) is 0 Å². The van der Waals surface area contributed by atoms with Crippen molar-refractivity contribution in [3.05, 3.63) is 85.7 Å². The number of halogens is 1. The minimum absolute atomic E-state index is 0.126. The number of ether oxygens (including phenoxy) is 3. The number of amides is 4. The van der Waals surface area contributed by atoms with E-state index in [0.717, 1.165) is 36.3 Å². The molecular formula is C39H49BrN8O8. The van der Waals surface area contributed by atoms with Crippen molar-refractivity contribution in [2.75, 3.05) is 83.5 Å². The smallest absolute Gasteiger partial charge is 0.282 e. The number of carbonyl (C=O) groups excluding carboxylic acids is 4. The van der Waals surface area contributed by atoms with Crippen LogP contribution in [0.3, 0.4) is 0 Å². The molecule has 1 aromatic heterocycles. The highest BCUT2D eigenvalue weighted by Gasteiger charge is 2.39. The number of likely N-dealkylation sites (tertiary alicyclic amines) is 1. The largest absolute Gasteiger partial charge is 0.382 e. The normalized spacial score (nSPS) is 19.8. The van der Waals surface area contributed by atoms with Crippen LogP contribution in [-0.2, 0) is 37.4 Å². The molecule has 16 nitrogen and oxygen atoms in total. The van der Waals surface area contributed by atoms with E-state index < -0.39 is 11.9 Å². The van der Waals surface area contributed by atoms with Gasteiger partial charge in [-0.2, -0.15) is 5.10 Å². The first-order chi connectivity index (χ1) is 27.1. The number of hydrogen-bond donors (Lipinski definition) is 4. The summed E-state index contributed by atoms with van der Waals surface area (Å²) in [6.07, 6.45) is 3.08. The molecule has 3 aliphatic rings. The molecule has 3 unspecified atom stereocenters. The number of carbonyl (C=O) groups is 4. The van der Waals surface area contributed by atoms with E-state index in [1.165, 1.54) is 9.58 Å². The molecule has 0 aliphatic carbocycles. The third-order valence-electron chi connectivity index (χ3n) is 10.1. The summed E-state index contributed by atoms with van der Waals surface area (Å²) in [5, 5.41) is 16.2. The zero-order chi connectivity index (χ0) is 39.6. The number of aryl methyl sites for hydroxylation is 1. The maximum Gasteiger partial charge on any atom is 0.282 e. The average Bonchev–Trinajstić information content (AvgIpc) is 3.52. The summed E-state index contributed by atoms with van der Waals surface area (Å²) in [7, 11) is 3.70. The Morgan fingerprint density at radius 3 is 2.36 bits per heavy atom. The maximum absolute atomic E-state index is 13.0. The lowest BCUT2D eigenvalue weighted by molar-refractivity contribution is -0.136. The van der Waals surface area contributed by atoms with Crippen LogP contribution in [-0.4, -0.2) is 128 Å². The molecule has 0 spiro atoms. The summed E-state index contributed by atoms with van der Waals surface area (Å²) in [5.41, 5.74) is 4.43. The summed E-state index contributed by atoms with van der Waals surface area (Å²) >= 11 is 3.40. The van der Waals surface area contributed by atoms with Gasteiger partial charge < -0.3 is 40.0 Å². The molecule has 3 atom stereocenters. The highest BCUT2D eigenvalue weighted by atomic mass is 79.9. The number of likely N-dealkylation sites (N-methyl/N-ethyl adjacent to an activating group) is 1. The number of nitrogens with one attached hydrogen (secondary N) is 4. The monoisotopic (exact) mass is 836 g/mol. The van der Waals surface area contributed by atoms with Crippen molar-refractivity contribution in [2.45, 2.75) is 43.8 Å². The first kappa shape index (κ1) is 41.0. The van der Waals surface area contributed by atoms with Gasteiger partial charge >= 0.3 is 0 Å². The summed E-state index contributed by atoms with van der Waals surface area (Å²) in [6, 6.07) is 12.7. The lowest BCUT2D eigenvalue weighted by atomic mass is 9.87. The molecule has 3 aliphatic heterocycles. The molecule has 0 saturated carbocycles. The highest BCUT2D eigenvalue weighted by Crippen LogP contribution is 2.32. The number of hydrogen-bond acceptors (Lipinski definition) is 12. The van der Waals surface area contributed by atoms with Crippen LogP contribution in [0.5, 0.6) is 0 Å². The lowest BCUT2D eigenvalue weighted by Crippen LogP contribution is -2.52. The molecule has 4 amide bonds. The first-order valence-corrected chi connectivity index (χ1v) is 19.7. The molecule has 56 heavy (non-hydrogen) atoms. The second kappa shape index (κ2) is 19.5. The first-order valence-electron chi connectivity index (χ1n) is 18.9. The fraction of sp³-hybridized carbons (Fsp3) is 0.487. The van der Waals surface area contributed by atoms with Gasteiger partial charge in [-0.1, -0.05) is 18.2 Å². The Hall–Kier alpha value is -4.68. The highest BCUT2D eigenvalue weighted by molar-refractivity contribution is 9.10. The van der Waals surface area contributed by atoms with E-state index in [1.54, 1.807) is 25.4 Å². The number of benzene rings is 2. The molecule has 3 aromatic rings. The molecule has 0 radical (unpaired) electrons. The summed E-state index contributed by atoms with van der Waals surface area (Å²) < 4.78 is 18.6. The van der Waals surface area contributed by atoms with Crippen molar-refractivity contribution in [3.8, 4) is 0 Å². The Balaban J connectivity index is 0.802. The van der Waals surface area contributed by atoms with Gasteiger partial charge in [0.15, 0.2) is 0 Å². The van der Waals surface area contributed by atoms with E-state index in [-0.39, 0.29) is 41.7 Å². The quantitative estimate of drug-likeness (QED) is 0.108. The van der Waals surface area contributed by atoms with Gasteiger partial charge in [0.25, 0.3) is 17.4 Å². The second-order valence-electron chi connectivity index (χ2n) is 14.2. The molecule has 300 valence electrons. The van der Waals surface area contributed by atoms with Gasteiger partial charge in [0, 0.05) is 74.6 Å². The van der Waals surface area contributed by atoms with Gasteiger partial charge in [-0.3, -0.25) is 29.3 Å². The fourth-order valence-corrected chi connectivity index (χ4v) is 7.77. The van der Waals surface area contributed by atoms with E-state index in [2.05, 4.69) is 54.2 Å². The summed E-state index contributed by atoms with van der Waals surface area (Å²) in [6.45, 7) is 5.32. The molecule has 2 fully saturated rings. The Morgan fingerprint density at radius 1 is 0.911 bits per heavy atom. The van der Waals surface area contributed by atoms with Crippen LogP contribution >= 0.6 is 15.9 Å². The number of imide groups is 1. The van der Waals surface area contributed by atoms with Crippen LogP contribution in [0, 0.1) is 0 Å². The molecule has 4 heterocycles. The standard InChI is InChI=1S/C39H49BrN8O8/c1-46-22-27(20-28(23-46)44-32-21-43-47(2)39(53)35(32)40)25-6-8-26(9-7-25)36(50)42-13-15-55-17-19-56-18-16-54-14-12-41-31-5-3-4-29-30(31)24-48(38(29)52)33-10-11-34(49)45-37(33)51/h3-9,21,27-28,33,41,44H,10-20,22-24H2,1-2H3,(H,42,50)(H,45,49,51). The summed E-state index contributed by atoms with van der Waals surface area (Å²) in [5.74, 6) is -0.844. The molecular weight excluding hydrogens is 788 g/mol. The van der Waals surface area contributed by atoms with Crippen molar-refractivity contribution < 1.29 is 33.4 Å². The third kappa shape index (κ3) is 10.4. The number of piperidine rings is 2. The van der Waals surface area contributed by atoms with E-state index in [0.29, 0.717) is 87.0 Å². The number of fused-ring (bicyclic) bond motifs is 1. The Morgan fingerprint density at radius 2 is 1.62 bits per heavy atom. The fourth-order valence-electron chi connectivity index (χ4n) is 7.29. The van der Waals surface area contributed by atoms with Crippen LogP contribution in [0.4, 0.5) is 11.4 Å². The Labute approximate surface area is 333 Å². The average molecular weight is 838 g/mol. The van der Waals surface area contributed by atoms with Crippen molar-refractivity contribution in [3.63, 3.8) is 0 Å². The zero-order valence-electron chi connectivity index (χ0n) is 31.7. The predicted octanol–water partition coefficient (Wildman–Crippen LogP) is 2.10. The van der Waals surface area contributed by atoms with Crippen molar-refractivity contribution >= 4 is 50.9 Å². The molecule has 0 bridgehead atoms. The van der Waals surface area contributed by atoms with Crippen LogP contribution in [0.15, 0.2) is 57.9 Å². The molecule has 2 aromatic carbocycles. The molecule has 4 N–H and O–H groups in total. The van der Waals surface area contributed by atoms with Crippen LogP contribution in [0.2, 0.25) is 0 Å². The Bertz CT molecular complexity index is 1940. The van der Waals surface area contributed by atoms with Gasteiger partial charge in [-0.25, -0.2) is 4.68 Å². The summed E-state index contributed by atoms with van der Waals surface area (Å²) in [4.78, 5) is 65.7. The topological polar surface area (TPSA) is 185 Å². The second-order valence-corrected chi connectivity index (χ2v) is 15.0. The van der Waals surface area contributed by atoms with Gasteiger partial charge in [0.05, 0.1) is 51.5 Å². The predicted molar refractivity (Wildman–Crippen MR) is 212 cm³/mol. The number of aromatic nitrogens is 2. The molecule has 2 saturated heterocycles. The SMILES string of the molecule is CN1CC(Nc2cnn(C)c(=O)c2Br)CC(c2ccc(C(=O)NCCOCCOCCOCCNc3cccc4c3CN(C3CCC(=O)NC3=O)C4=O)cc2)C1. The molecule has 6 rings (SSSR count). The minimum atomic E-state index is -0.651. The van der Waals surface area contributed by atoms with E-state index >= 15 is 0 Å². The van der Waals surface area contributed by atoms with Gasteiger partial charge in [0.1, 0.15) is 10.5 Å². The van der Waals surface area contributed by atoms with E-state index in [9.17, 15) is 24.0 Å². The van der Waals surface area contributed by atoms with Crippen LogP contribution < -0.4 is 26.8 Å². The number of rotatable bonds is 18. The van der Waals surface area contributed by atoms with Crippen molar-refractivity contribution in [1.29, 1.82) is 0 Å². The van der Waals surface area contributed by atoms with Gasteiger partial charge in [-0.15, -0.1) is 0 Å². The van der Waals surface area contributed by atoms with Crippen LogP contribution in [0.1, 0.15) is 57.0 Å². The minimum Gasteiger partial charge on any atom is -0.382 e. The molecule has 17 heteroatoms. The third-order valence-corrected chi connectivity index (χ3v) is 10.9. The number of nitrogens with zero attached hydrogens (tertiary/aromatic N) is 4. The lowest BCUT2D eigenvalue weighted by Gasteiger charge is -2.37. The number of anilines is 2. The van der Waals surface area contributed by atoms with Gasteiger partial charge in [0.2, 0.25) is 11.8 Å². The van der Waals surface area contributed by atoms with Crippen molar-refractivity contribution in [2.24, 2.45) is 7.05 Å². The van der Waals surface area contributed by atoms with Crippen molar-refractivity contribution in [1.82, 2.24) is 30.2 Å². The zero-order valence-corrected chi connectivity index (χ0v) is 33.3. The van der Waals surface area contributed by atoms with E-state index in [4.69, 9.17) is 14.2 Å².